The largest absolute Gasteiger partial charge is 0.392 e. The van der Waals surface area contributed by atoms with E-state index in [0.29, 0.717) is 24.9 Å². The minimum Gasteiger partial charge on any atom is -0.392 e. The fourth-order valence-corrected chi connectivity index (χ4v) is 5.74. The van der Waals surface area contributed by atoms with Crippen molar-refractivity contribution in [3.05, 3.63) is 11.6 Å². The molecule has 3 nitrogen and oxygen atoms in total. The van der Waals surface area contributed by atoms with E-state index in [1.807, 2.05) is 6.08 Å². The molecule has 1 N–H and O–H groups in total. The zero-order valence-electron chi connectivity index (χ0n) is 13.1. The standard InChI is InChI=1S/C18H26O3/c1-17-8-7-12(19)9-11(17)3-4-13-14-5-6-15(20)18(14,2)10-21-16(13)17/h9,13-16,20H,3-8,10H2,1-2H3. The first kappa shape index (κ1) is 14.0. The van der Waals surface area contributed by atoms with Crippen molar-refractivity contribution < 1.29 is 14.6 Å². The number of rotatable bonds is 0. The summed E-state index contributed by atoms with van der Waals surface area (Å²) in [7, 11) is 0. The summed E-state index contributed by atoms with van der Waals surface area (Å²) in [5.41, 5.74) is 1.32. The molecule has 2 saturated carbocycles. The molecule has 21 heavy (non-hydrogen) atoms. The van der Waals surface area contributed by atoms with Crippen LogP contribution in [0.15, 0.2) is 11.6 Å². The predicted molar refractivity (Wildman–Crippen MR) is 79.7 cm³/mol. The normalized spacial score (nSPS) is 52.7. The molecule has 1 heterocycles. The van der Waals surface area contributed by atoms with Crippen molar-refractivity contribution in [2.75, 3.05) is 6.61 Å². The van der Waals surface area contributed by atoms with Crippen LogP contribution in [0, 0.1) is 22.7 Å². The number of carbonyl (C=O) groups excluding carboxylic acids is 1. The molecular formula is C18H26O3. The third kappa shape index (κ3) is 1.77. The first-order valence-corrected chi connectivity index (χ1v) is 8.49. The molecule has 0 aromatic rings. The summed E-state index contributed by atoms with van der Waals surface area (Å²) in [4.78, 5) is 11.7. The number of ketones is 1. The molecule has 0 spiro atoms. The van der Waals surface area contributed by atoms with Crippen LogP contribution in [0.1, 0.15) is 52.4 Å². The molecule has 1 saturated heterocycles. The molecule has 116 valence electrons. The highest BCUT2D eigenvalue weighted by Gasteiger charge is 2.59. The second-order valence-corrected chi connectivity index (χ2v) is 8.19. The lowest BCUT2D eigenvalue weighted by atomic mass is 9.55. The maximum Gasteiger partial charge on any atom is 0.155 e. The third-order valence-electron chi connectivity index (χ3n) is 7.17. The zero-order valence-corrected chi connectivity index (χ0v) is 13.1. The van der Waals surface area contributed by atoms with E-state index in [1.54, 1.807) is 0 Å². The summed E-state index contributed by atoms with van der Waals surface area (Å²) in [6.45, 7) is 5.19. The van der Waals surface area contributed by atoms with Gasteiger partial charge < -0.3 is 9.84 Å². The van der Waals surface area contributed by atoms with Gasteiger partial charge in [0.1, 0.15) is 0 Å². The lowest BCUT2D eigenvalue weighted by Gasteiger charge is -2.57. The Labute approximate surface area is 126 Å². The third-order valence-corrected chi connectivity index (χ3v) is 7.17. The van der Waals surface area contributed by atoms with Gasteiger partial charge in [0.15, 0.2) is 5.78 Å². The van der Waals surface area contributed by atoms with Crippen LogP contribution in [0.4, 0.5) is 0 Å². The predicted octanol–water partition coefficient (Wildman–Crippen LogP) is 2.87. The molecule has 6 unspecified atom stereocenters. The van der Waals surface area contributed by atoms with Gasteiger partial charge in [-0.3, -0.25) is 4.79 Å². The molecule has 0 aromatic carbocycles. The fourth-order valence-electron chi connectivity index (χ4n) is 5.74. The molecule has 6 atom stereocenters. The molecule has 3 heteroatoms. The Morgan fingerprint density at radius 2 is 2.05 bits per heavy atom. The van der Waals surface area contributed by atoms with Crippen molar-refractivity contribution in [2.45, 2.75) is 64.6 Å². The van der Waals surface area contributed by atoms with Gasteiger partial charge >= 0.3 is 0 Å². The fraction of sp³-hybridized carbons (Fsp3) is 0.833. The molecule has 0 radical (unpaired) electrons. The molecule has 0 amide bonds. The van der Waals surface area contributed by atoms with Gasteiger partial charge in [0.25, 0.3) is 0 Å². The number of allylic oxidation sites excluding steroid dienone is 1. The van der Waals surface area contributed by atoms with Gasteiger partial charge in [-0.15, -0.1) is 0 Å². The highest BCUT2D eigenvalue weighted by atomic mass is 16.5. The molecule has 4 rings (SSSR count). The van der Waals surface area contributed by atoms with Crippen molar-refractivity contribution in [1.29, 1.82) is 0 Å². The summed E-state index contributed by atoms with van der Waals surface area (Å²) in [6.07, 6.45) is 7.75. The average molecular weight is 290 g/mol. The van der Waals surface area contributed by atoms with Crippen LogP contribution in [0.25, 0.3) is 0 Å². The van der Waals surface area contributed by atoms with E-state index in [2.05, 4.69) is 13.8 Å². The Hall–Kier alpha value is -0.670. The Balaban J connectivity index is 1.69. The molecule has 1 aliphatic heterocycles. The first-order valence-electron chi connectivity index (χ1n) is 8.49. The van der Waals surface area contributed by atoms with E-state index < -0.39 is 0 Å². The van der Waals surface area contributed by atoms with Gasteiger partial charge in [-0.25, -0.2) is 0 Å². The zero-order chi connectivity index (χ0) is 14.8. The Bertz CT molecular complexity index is 511. The summed E-state index contributed by atoms with van der Waals surface area (Å²) >= 11 is 0. The second-order valence-electron chi connectivity index (χ2n) is 8.19. The number of aliphatic hydroxyl groups excluding tert-OH is 1. The summed E-state index contributed by atoms with van der Waals surface area (Å²) in [5.74, 6) is 1.43. The SMILES string of the molecule is CC12CCC(=O)C=C1CCC1C2OCC2(C)C(O)CCC12. The molecule has 0 aromatic heterocycles. The van der Waals surface area contributed by atoms with E-state index in [1.165, 1.54) is 5.57 Å². The van der Waals surface area contributed by atoms with Gasteiger partial charge in [0, 0.05) is 17.3 Å². The van der Waals surface area contributed by atoms with E-state index in [-0.39, 0.29) is 28.8 Å². The van der Waals surface area contributed by atoms with Gasteiger partial charge in [-0.1, -0.05) is 19.4 Å². The lowest BCUT2D eigenvalue weighted by Crippen LogP contribution is -2.57. The Morgan fingerprint density at radius 3 is 2.86 bits per heavy atom. The Kier molecular flexibility index (Phi) is 2.94. The summed E-state index contributed by atoms with van der Waals surface area (Å²) in [5, 5.41) is 10.4. The van der Waals surface area contributed by atoms with Gasteiger partial charge in [0.05, 0.1) is 18.8 Å². The van der Waals surface area contributed by atoms with Crippen molar-refractivity contribution in [1.82, 2.24) is 0 Å². The van der Waals surface area contributed by atoms with E-state index in [4.69, 9.17) is 4.74 Å². The minimum absolute atomic E-state index is 0.0473. The number of hydrogen-bond donors (Lipinski definition) is 1. The highest BCUT2D eigenvalue weighted by Crippen LogP contribution is 2.60. The van der Waals surface area contributed by atoms with Crippen molar-refractivity contribution >= 4 is 5.78 Å². The topological polar surface area (TPSA) is 46.5 Å². The van der Waals surface area contributed by atoms with Gasteiger partial charge in [-0.2, -0.15) is 0 Å². The van der Waals surface area contributed by atoms with Gasteiger partial charge in [0.2, 0.25) is 0 Å². The van der Waals surface area contributed by atoms with E-state index in [9.17, 15) is 9.90 Å². The number of fused-ring (bicyclic) bond motifs is 5. The molecule has 4 aliphatic rings. The number of ether oxygens (including phenoxy) is 1. The summed E-state index contributed by atoms with van der Waals surface area (Å²) < 4.78 is 6.36. The van der Waals surface area contributed by atoms with Crippen LogP contribution in [-0.4, -0.2) is 29.7 Å². The number of carbonyl (C=O) groups is 1. The second kappa shape index (κ2) is 4.42. The number of aliphatic hydroxyl groups is 1. The smallest absolute Gasteiger partial charge is 0.155 e. The molecular weight excluding hydrogens is 264 g/mol. The van der Waals surface area contributed by atoms with Crippen LogP contribution in [0.3, 0.4) is 0 Å². The van der Waals surface area contributed by atoms with Crippen LogP contribution >= 0.6 is 0 Å². The van der Waals surface area contributed by atoms with E-state index in [0.717, 1.165) is 32.1 Å². The Morgan fingerprint density at radius 1 is 1.24 bits per heavy atom. The highest BCUT2D eigenvalue weighted by molar-refractivity contribution is 5.91. The quantitative estimate of drug-likeness (QED) is 0.746. The van der Waals surface area contributed by atoms with E-state index >= 15 is 0 Å². The van der Waals surface area contributed by atoms with Crippen LogP contribution in [0.2, 0.25) is 0 Å². The maximum atomic E-state index is 11.7. The maximum absolute atomic E-state index is 11.7. The first-order chi connectivity index (χ1) is 9.95. The average Bonchev–Trinajstić information content (AvgIpc) is 2.76. The van der Waals surface area contributed by atoms with Crippen molar-refractivity contribution in [3.8, 4) is 0 Å². The van der Waals surface area contributed by atoms with Crippen molar-refractivity contribution in [3.63, 3.8) is 0 Å². The minimum atomic E-state index is -0.207. The van der Waals surface area contributed by atoms with Gasteiger partial charge in [-0.05, 0) is 50.0 Å². The molecule has 3 aliphatic carbocycles. The van der Waals surface area contributed by atoms with Crippen molar-refractivity contribution in [2.24, 2.45) is 22.7 Å². The van der Waals surface area contributed by atoms with Crippen LogP contribution in [-0.2, 0) is 9.53 Å². The summed E-state index contributed by atoms with van der Waals surface area (Å²) in [6, 6.07) is 0. The van der Waals surface area contributed by atoms with Crippen LogP contribution in [0.5, 0.6) is 0 Å². The molecule has 3 fully saturated rings. The lowest BCUT2D eigenvalue weighted by molar-refractivity contribution is -0.190. The monoisotopic (exact) mass is 290 g/mol. The molecule has 0 bridgehead atoms. The van der Waals surface area contributed by atoms with Crippen LogP contribution < -0.4 is 0 Å². The number of hydrogen-bond acceptors (Lipinski definition) is 3.